The average Bonchev–Trinajstić information content (AvgIpc) is 2.72. The van der Waals surface area contributed by atoms with Gasteiger partial charge in [-0.15, -0.1) is 0 Å². The van der Waals surface area contributed by atoms with Gasteiger partial charge in [-0.3, -0.25) is 0 Å². The molecule has 4 heteroatoms. The molecule has 0 radical (unpaired) electrons. The molecular weight excluding hydrogens is 254 g/mol. The van der Waals surface area contributed by atoms with E-state index in [1.165, 1.54) is 31.4 Å². The molecule has 1 aliphatic carbocycles. The lowest BCUT2D eigenvalue weighted by Gasteiger charge is -2.25. The summed E-state index contributed by atoms with van der Waals surface area (Å²) in [6.45, 7) is 6.40. The number of nitrogens with zero attached hydrogens (tertiary/aromatic N) is 3. The van der Waals surface area contributed by atoms with Crippen molar-refractivity contribution in [3.8, 4) is 0 Å². The van der Waals surface area contributed by atoms with Crippen LogP contribution in [-0.4, -0.2) is 15.0 Å². The van der Waals surface area contributed by atoms with E-state index in [9.17, 15) is 0 Å². The van der Waals surface area contributed by atoms with Gasteiger partial charge in [-0.25, -0.2) is 15.0 Å². The topological polar surface area (TPSA) is 38.7 Å². The van der Waals surface area contributed by atoms with E-state index in [-0.39, 0.29) is 0 Å². The number of hydrogen-bond donors (Lipinski definition) is 0. The van der Waals surface area contributed by atoms with Gasteiger partial charge < -0.3 is 0 Å². The van der Waals surface area contributed by atoms with E-state index >= 15 is 0 Å². The number of hydrogen-bond acceptors (Lipinski definition) is 4. The maximum atomic E-state index is 4.66. The molecule has 102 valence electrons. The van der Waals surface area contributed by atoms with Crippen molar-refractivity contribution >= 4 is 21.7 Å². The van der Waals surface area contributed by atoms with Crippen LogP contribution in [0.2, 0.25) is 0 Å². The molecule has 19 heavy (non-hydrogen) atoms. The van der Waals surface area contributed by atoms with Crippen molar-refractivity contribution < 1.29 is 0 Å². The number of aromatic nitrogens is 3. The molecule has 0 aliphatic heterocycles. The maximum Gasteiger partial charge on any atom is 0.147 e. The standard InChI is InChI=1S/C15H21N3S/c1-9-4-6-12(7-5-9)8-13-14-15(17-10(2)16-13)19-11(3)18-14/h9,12H,4-8H2,1-3H3. The molecule has 1 saturated carbocycles. The van der Waals surface area contributed by atoms with Gasteiger partial charge in [-0.1, -0.05) is 31.1 Å². The summed E-state index contributed by atoms with van der Waals surface area (Å²) in [5.74, 6) is 2.58. The molecule has 3 nitrogen and oxygen atoms in total. The Hall–Kier alpha value is -1.03. The van der Waals surface area contributed by atoms with E-state index in [2.05, 4.69) is 21.9 Å². The second kappa shape index (κ2) is 5.16. The van der Waals surface area contributed by atoms with Crippen LogP contribution in [0.4, 0.5) is 0 Å². The average molecular weight is 275 g/mol. The second-order valence-electron chi connectivity index (χ2n) is 5.93. The molecule has 0 spiro atoms. The first-order valence-electron chi connectivity index (χ1n) is 7.22. The molecule has 2 heterocycles. The molecule has 0 aromatic carbocycles. The molecule has 0 saturated heterocycles. The normalized spacial score (nSPS) is 23.9. The Balaban J connectivity index is 1.87. The molecule has 2 aromatic heterocycles. The van der Waals surface area contributed by atoms with Crippen molar-refractivity contribution in [2.45, 2.75) is 52.9 Å². The SMILES string of the molecule is Cc1nc(CC2CCC(C)CC2)c2nc(C)sc2n1. The first-order valence-corrected chi connectivity index (χ1v) is 8.04. The Morgan fingerprint density at radius 1 is 1.05 bits per heavy atom. The molecule has 0 atom stereocenters. The third kappa shape index (κ3) is 2.78. The molecule has 0 unspecified atom stereocenters. The highest BCUT2D eigenvalue weighted by atomic mass is 32.1. The third-order valence-electron chi connectivity index (χ3n) is 4.17. The quantitative estimate of drug-likeness (QED) is 0.829. The Bertz CT molecular complexity index is 582. The largest absolute Gasteiger partial charge is 0.238 e. The molecular formula is C15H21N3S. The van der Waals surface area contributed by atoms with Gasteiger partial charge >= 0.3 is 0 Å². The van der Waals surface area contributed by atoms with Crippen molar-refractivity contribution in [3.05, 3.63) is 16.5 Å². The summed E-state index contributed by atoms with van der Waals surface area (Å²) in [7, 11) is 0. The monoisotopic (exact) mass is 275 g/mol. The van der Waals surface area contributed by atoms with Gasteiger partial charge in [0.15, 0.2) is 0 Å². The number of aryl methyl sites for hydroxylation is 2. The lowest BCUT2D eigenvalue weighted by molar-refractivity contribution is 0.288. The van der Waals surface area contributed by atoms with Crippen molar-refractivity contribution in [2.24, 2.45) is 11.8 Å². The van der Waals surface area contributed by atoms with Crippen molar-refractivity contribution in [1.29, 1.82) is 0 Å². The van der Waals surface area contributed by atoms with Gasteiger partial charge in [0.05, 0.1) is 10.7 Å². The summed E-state index contributed by atoms with van der Waals surface area (Å²) >= 11 is 1.68. The molecule has 1 fully saturated rings. The van der Waals surface area contributed by atoms with Gasteiger partial charge in [0.1, 0.15) is 16.2 Å². The van der Waals surface area contributed by atoms with Crippen molar-refractivity contribution in [3.63, 3.8) is 0 Å². The Morgan fingerprint density at radius 3 is 2.53 bits per heavy atom. The van der Waals surface area contributed by atoms with E-state index in [1.54, 1.807) is 11.3 Å². The molecule has 2 aromatic rings. The fourth-order valence-electron chi connectivity index (χ4n) is 3.05. The van der Waals surface area contributed by atoms with E-state index in [0.29, 0.717) is 0 Å². The maximum absolute atomic E-state index is 4.66. The van der Waals surface area contributed by atoms with Crippen LogP contribution in [0.3, 0.4) is 0 Å². The molecule has 0 bridgehead atoms. The van der Waals surface area contributed by atoms with Crippen molar-refractivity contribution in [2.75, 3.05) is 0 Å². The van der Waals surface area contributed by atoms with Gasteiger partial charge in [0, 0.05) is 0 Å². The minimum Gasteiger partial charge on any atom is -0.238 e. The summed E-state index contributed by atoms with van der Waals surface area (Å²) in [4.78, 5) is 14.9. The highest BCUT2D eigenvalue weighted by molar-refractivity contribution is 7.18. The Labute approximate surface area is 118 Å². The van der Waals surface area contributed by atoms with Crippen LogP contribution < -0.4 is 0 Å². The smallest absolute Gasteiger partial charge is 0.147 e. The lowest BCUT2D eigenvalue weighted by atomic mass is 9.81. The van der Waals surface area contributed by atoms with E-state index in [1.807, 2.05) is 13.8 Å². The van der Waals surface area contributed by atoms with Crippen LogP contribution in [0.15, 0.2) is 0 Å². The summed E-state index contributed by atoms with van der Waals surface area (Å²) in [5, 5.41) is 1.09. The number of rotatable bonds is 2. The van der Waals surface area contributed by atoms with Crippen LogP contribution in [0.25, 0.3) is 10.3 Å². The lowest BCUT2D eigenvalue weighted by Crippen LogP contribution is -2.15. The van der Waals surface area contributed by atoms with Crippen LogP contribution in [-0.2, 0) is 6.42 Å². The summed E-state index contributed by atoms with van der Waals surface area (Å²) < 4.78 is 0. The van der Waals surface area contributed by atoms with Gasteiger partial charge in [0.2, 0.25) is 0 Å². The predicted octanol–water partition coefficient (Wildman–Crippen LogP) is 4.07. The zero-order chi connectivity index (χ0) is 13.4. The highest BCUT2D eigenvalue weighted by Crippen LogP contribution is 2.32. The summed E-state index contributed by atoms with van der Waals surface area (Å²) in [6, 6.07) is 0. The third-order valence-corrected chi connectivity index (χ3v) is 5.03. The van der Waals surface area contributed by atoms with E-state index in [0.717, 1.165) is 39.4 Å². The van der Waals surface area contributed by atoms with Crippen molar-refractivity contribution in [1.82, 2.24) is 15.0 Å². The first-order chi connectivity index (χ1) is 9.11. The Kier molecular flexibility index (Phi) is 3.52. The van der Waals surface area contributed by atoms with Gasteiger partial charge in [0.25, 0.3) is 0 Å². The Morgan fingerprint density at radius 2 is 1.79 bits per heavy atom. The van der Waals surface area contributed by atoms with Gasteiger partial charge in [-0.2, -0.15) is 0 Å². The van der Waals surface area contributed by atoms with Crippen LogP contribution >= 0.6 is 11.3 Å². The zero-order valence-corrected chi connectivity index (χ0v) is 12.8. The molecule has 3 rings (SSSR count). The molecule has 1 aliphatic rings. The van der Waals surface area contributed by atoms with Gasteiger partial charge in [-0.05, 0) is 44.9 Å². The van der Waals surface area contributed by atoms with Crippen LogP contribution in [0.1, 0.15) is 49.1 Å². The van der Waals surface area contributed by atoms with Crippen LogP contribution in [0.5, 0.6) is 0 Å². The predicted molar refractivity (Wildman–Crippen MR) is 79.5 cm³/mol. The first kappa shape index (κ1) is 13.0. The number of fused-ring (bicyclic) bond motifs is 1. The highest BCUT2D eigenvalue weighted by Gasteiger charge is 2.21. The van der Waals surface area contributed by atoms with E-state index < -0.39 is 0 Å². The fourth-order valence-corrected chi connectivity index (χ4v) is 3.90. The fraction of sp³-hybridized carbons (Fsp3) is 0.667. The minimum atomic E-state index is 0.788. The second-order valence-corrected chi connectivity index (χ2v) is 7.12. The zero-order valence-electron chi connectivity index (χ0n) is 11.9. The summed E-state index contributed by atoms with van der Waals surface area (Å²) in [5.41, 5.74) is 2.22. The van der Waals surface area contributed by atoms with Crippen LogP contribution in [0, 0.1) is 25.7 Å². The number of thiazole rings is 1. The molecule has 0 amide bonds. The van der Waals surface area contributed by atoms with E-state index in [4.69, 9.17) is 0 Å². The molecule has 0 N–H and O–H groups in total. The minimum absolute atomic E-state index is 0.788. The summed E-state index contributed by atoms with van der Waals surface area (Å²) in [6.07, 6.45) is 6.50.